The van der Waals surface area contributed by atoms with E-state index in [4.69, 9.17) is 4.74 Å². The number of benzene rings is 3. The van der Waals surface area contributed by atoms with Crippen LogP contribution in [0.1, 0.15) is 24.0 Å². The van der Waals surface area contributed by atoms with Crippen LogP contribution in [0, 0.1) is 5.82 Å². The van der Waals surface area contributed by atoms with Gasteiger partial charge in [-0.2, -0.15) is 13.2 Å². The van der Waals surface area contributed by atoms with E-state index in [0.29, 0.717) is 6.07 Å². The minimum atomic E-state index is -4.92. The van der Waals surface area contributed by atoms with Crippen LogP contribution in [-0.4, -0.2) is 11.9 Å². The third kappa shape index (κ3) is 5.34. The highest BCUT2D eigenvalue weighted by atomic mass is 19.4. The second-order valence-electron chi connectivity index (χ2n) is 6.43. The van der Waals surface area contributed by atoms with Crippen molar-refractivity contribution < 1.29 is 36.6 Å². The van der Waals surface area contributed by atoms with Gasteiger partial charge in [-0.1, -0.05) is 42.5 Å². The van der Waals surface area contributed by atoms with Crippen molar-refractivity contribution in [3.05, 3.63) is 77.6 Å². The lowest BCUT2D eigenvalue weighted by atomic mass is 10.1. The van der Waals surface area contributed by atoms with Crippen molar-refractivity contribution in [2.24, 2.45) is 0 Å². The van der Waals surface area contributed by atoms with E-state index in [2.05, 4.69) is 4.74 Å². The van der Waals surface area contributed by atoms with Gasteiger partial charge in [0.1, 0.15) is 6.61 Å². The molecule has 0 N–H and O–H groups in total. The van der Waals surface area contributed by atoms with Crippen molar-refractivity contribution in [1.82, 2.24) is 0 Å². The fourth-order valence-corrected chi connectivity index (χ4v) is 2.75. The summed E-state index contributed by atoms with van der Waals surface area (Å²) >= 11 is 0. The second-order valence-corrected chi connectivity index (χ2v) is 6.43. The van der Waals surface area contributed by atoms with Crippen LogP contribution in [-0.2, 0) is 27.1 Å². The quantitative estimate of drug-likeness (QED) is 0.303. The van der Waals surface area contributed by atoms with E-state index in [1.54, 1.807) is 6.07 Å². The molecular weight excluding hydrogens is 404 g/mol. The first-order chi connectivity index (χ1) is 14.2. The number of carbonyl (C=O) groups excluding carboxylic acids is 2. The molecule has 3 aromatic rings. The van der Waals surface area contributed by atoms with Crippen molar-refractivity contribution in [3.8, 4) is 5.75 Å². The van der Waals surface area contributed by atoms with E-state index in [-0.39, 0.29) is 13.0 Å². The SMILES string of the molecule is O=C(CCC(=O)Oc1cccc(C(F)(F)F)c1F)OCc1ccc2ccccc2c1. The largest absolute Gasteiger partial charge is 0.461 e. The number of carbonyl (C=O) groups is 2. The van der Waals surface area contributed by atoms with Crippen LogP contribution < -0.4 is 4.74 Å². The molecule has 0 saturated carbocycles. The van der Waals surface area contributed by atoms with Crippen LogP contribution >= 0.6 is 0 Å². The van der Waals surface area contributed by atoms with Gasteiger partial charge >= 0.3 is 18.1 Å². The molecule has 0 bridgehead atoms. The number of ether oxygens (including phenoxy) is 2. The van der Waals surface area contributed by atoms with Gasteiger partial charge in [-0.3, -0.25) is 9.59 Å². The topological polar surface area (TPSA) is 52.6 Å². The summed E-state index contributed by atoms with van der Waals surface area (Å²) in [6.07, 6.45) is -5.74. The molecule has 0 aliphatic carbocycles. The van der Waals surface area contributed by atoms with Gasteiger partial charge in [-0.25, -0.2) is 4.39 Å². The van der Waals surface area contributed by atoms with Gasteiger partial charge in [0.2, 0.25) is 0 Å². The Bertz CT molecular complexity index is 1080. The zero-order valence-electron chi connectivity index (χ0n) is 15.5. The number of fused-ring (bicyclic) bond motifs is 1. The zero-order valence-corrected chi connectivity index (χ0v) is 15.5. The Morgan fingerprint density at radius 3 is 2.27 bits per heavy atom. The molecule has 0 aliphatic heterocycles. The predicted molar refractivity (Wildman–Crippen MR) is 100 cm³/mol. The summed E-state index contributed by atoms with van der Waals surface area (Å²) in [5.41, 5.74) is -0.779. The van der Waals surface area contributed by atoms with E-state index < -0.39 is 41.7 Å². The fraction of sp³-hybridized carbons (Fsp3) is 0.182. The molecule has 0 heterocycles. The molecule has 0 amide bonds. The first-order valence-electron chi connectivity index (χ1n) is 8.94. The van der Waals surface area contributed by atoms with Crippen LogP contribution in [0.5, 0.6) is 5.75 Å². The normalized spacial score (nSPS) is 11.3. The maximum atomic E-state index is 13.9. The van der Waals surface area contributed by atoms with E-state index in [1.807, 2.05) is 36.4 Å². The number of hydrogen-bond acceptors (Lipinski definition) is 4. The number of esters is 2. The minimum absolute atomic E-state index is 0.000964. The van der Waals surface area contributed by atoms with Crippen molar-refractivity contribution in [1.29, 1.82) is 0 Å². The molecule has 0 aromatic heterocycles. The Morgan fingerprint density at radius 1 is 0.833 bits per heavy atom. The predicted octanol–water partition coefficient (Wildman–Crippen LogP) is 5.43. The standard InChI is InChI=1S/C22H16F4O4/c23-21-17(22(24,25)26)6-3-7-18(21)30-20(28)11-10-19(27)29-13-14-8-9-15-4-1-2-5-16(15)12-14/h1-9,12H,10-11,13H2. The van der Waals surface area contributed by atoms with Crippen LogP contribution in [0.2, 0.25) is 0 Å². The summed E-state index contributed by atoms with van der Waals surface area (Å²) in [4.78, 5) is 23.6. The van der Waals surface area contributed by atoms with Crippen LogP contribution in [0.3, 0.4) is 0 Å². The van der Waals surface area contributed by atoms with Gasteiger partial charge in [0.15, 0.2) is 11.6 Å². The van der Waals surface area contributed by atoms with E-state index in [9.17, 15) is 27.2 Å². The molecule has 0 spiro atoms. The highest BCUT2D eigenvalue weighted by molar-refractivity contribution is 5.83. The maximum Gasteiger partial charge on any atom is 0.419 e. The average molecular weight is 420 g/mol. The molecule has 3 rings (SSSR count). The molecule has 4 nitrogen and oxygen atoms in total. The van der Waals surface area contributed by atoms with Crippen LogP contribution in [0.15, 0.2) is 60.7 Å². The number of halogens is 4. The van der Waals surface area contributed by atoms with Crippen molar-refractivity contribution >= 4 is 22.7 Å². The third-order valence-electron chi connectivity index (χ3n) is 4.24. The van der Waals surface area contributed by atoms with Gasteiger partial charge in [-0.15, -0.1) is 0 Å². The lowest BCUT2D eigenvalue weighted by Crippen LogP contribution is -2.15. The van der Waals surface area contributed by atoms with Crippen molar-refractivity contribution in [3.63, 3.8) is 0 Å². The average Bonchev–Trinajstić information content (AvgIpc) is 2.71. The van der Waals surface area contributed by atoms with Gasteiger partial charge < -0.3 is 9.47 Å². The maximum absolute atomic E-state index is 13.9. The van der Waals surface area contributed by atoms with Gasteiger partial charge in [0.05, 0.1) is 18.4 Å². The summed E-state index contributed by atoms with van der Waals surface area (Å²) in [5.74, 6) is -4.27. The summed E-state index contributed by atoms with van der Waals surface area (Å²) in [6.45, 7) is 0.000964. The first kappa shape index (κ1) is 21.3. The molecule has 8 heteroatoms. The Balaban J connectivity index is 1.50. The van der Waals surface area contributed by atoms with E-state index in [0.717, 1.165) is 28.5 Å². The highest BCUT2D eigenvalue weighted by Gasteiger charge is 2.35. The molecule has 0 radical (unpaired) electrons. The Morgan fingerprint density at radius 2 is 1.53 bits per heavy atom. The number of hydrogen-bond donors (Lipinski definition) is 0. The molecular formula is C22H16F4O4. The van der Waals surface area contributed by atoms with Crippen molar-refractivity contribution in [2.75, 3.05) is 0 Å². The first-order valence-corrected chi connectivity index (χ1v) is 8.94. The monoisotopic (exact) mass is 420 g/mol. The smallest absolute Gasteiger partial charge is 0.419 e. The summed E-state index contributed by atoms with van der Waals surface area (Å²) in [5, 5.41) is 2.02. The molecule has 156 valence electrons. The van der Waals surface area contributed by atoms with Gasteiger partial charge in [0, 0.05) is 0 Å². The zero-order chi connectivity index (χ0) is 21.7. The fourth-order valence-electron chi connectivity index (χ4n) is 2.75. The Kier molecular flexibility index (Phi) is 6.34. The summed E-state index contributed by atoms with van der Waals surface area (Å²) in [7, 11) is 0. The molecule has 0 unspecified atom stereocenters. The summed E-state index contributed by atoms with van der Waals surface area (Å²) in [6, 6.07) is 15.6. The van der Waals surface area contributed by atoms with Gasteiger partial charge in [-0.05, 0) is 34.5 Å². The molecule has 3 aromatic carbocycles. The van der Waals surface area contributed by atoms with Crippen LogP contribution in [0.25, 0.3) is 10.8 Å². The number of alkyl halides is 3. The van der Waals surface area contributed by atoms with E-state index in [1.165, 1.54) is 0 Å². The third-order valence-corrected chi connectivity index (χ3v) is 4.24. The van der Waals surface area contributed by atoms with Crippen LogP contribution in [0.4, 0.5) is 17.6 Å². The second kappa shape index (κ2) is 8.94. The molecule has 0 saturated heterocycles. The van der Waals surface area contributed by atoms with E-state index >= 15 is 0 Å². The molecule has 0 atom stereocenters. The molecule has 0 aliphatic rings. The number of rotatable bonds is 6. The van der Waals surface area contributed by atoms with Gasteiger partial charge in [0.25, 0.3) is 0 Å². The highest BCUT2D eigenvalue weighted by Crippen LogP contribution is 2.34. The van der Waals surface area contributed by atoms with Crippen molar-refractivity contribution in [2.45, 2.75) is 25.6 Å². The summed E-state index contributed by atoms with van der Waals surface area (Å²) < 4.78 is 61.6. The minimum Gasteiger partial charge on any atom is -0.461 e. The molecule has 30 heavy (non-hydrogen) atoms. The Labute approximate surface area is 169 Å². The Hall–Kier alpha value is -3.42. The molecule has 0 fully saturated rings. The lowest BCUT2D eigenvalue weighted by molar-refractivity contribution is -0.148. The lowest BCUT2D eigenvalue weighted by Gasteiger charge is -2.11.